The van der Waals surface area contributed by atoms with E-state index in [1.54, 1.807) is 11.8 Å². The van der Waals surface area contributed by atoms with Crippen molar-refractivity contribution >= 4 is 33.7 Å². The first kappa shape index (κ1) is 12.0. The Morgan fingerprint density at radius 1 is 1.50 bits per heavy atom. The van der Waals surface area contributed by atoms with Gasteiger partial charge in [-0.05, 0) is 23.8 Å². The number of rotatable bonds is 2. The van der Waals surface area contributed by atoms with Crippen molar-refractivity contribution in [2.24, 2.45) is 0 Å². The van der Waals surface area contributed by atoms with E-state index in [0.717, 1.165) is 15.8 Å². The normalized spacial score (nSPS) is 25.3. The van der Waals surface area contributed by atoms with Gasteiger partial charge in [-0.1, -0.05) is 34.1 Å². The van der Waals surface area contributed by atoms with E-state index >= 15 is 0 Å². The van der Waals surface area contributed by atoms with Crippen molar-refractivity contribution in [1.29, 1.82) is 0 Å². The molecule has 16 heavy (non-hydrogen) atoms. The molecule has 0 saturated carbocycles. The predicted octanol–water partition coefficient (Wildman–Crippen LogP) is 2.63. The maximum Gasteiger partial charge on any atom is 0.320 e. The Balaban J connectivity index is 2.16. The molecule has 2 N–H and O–H groups in total. The van der Waals surface area contributed by atoms with Crippen LogP contribution in [0.2, 0.25) is 0 Å². The standard InChI is InChI=1S/C11H12BrNO2S/c12-8-4-2-1-3-7(8)10-13-9(11(14)15)5-6-16-10/h1-4,9-10,13H,5-6H2,(H,14,15). The fourth-order valence-electron chi connectivity index (χ4n) is 1.68. The molecule has 1 aliphatic heterocycles. The van der Waals surface area contributed by atoms with Crippen LogP contribution in [0.15, 0.2) is 28.7 Å². The number of benzene rings is 1. The summed E-state index contributed by atoms with van der Waals surface area (Å²) in [6, 6.07) is 7.47. The van der Waals surface area contributed by atoms with Crippen molar-refractivity contribution in [3.8, 4) is 0 Å². The van der Waals surface area contributed by atoms with Crippen molar-refractivity contribution < 1.29 is 9.90 Å². The topological polar surface area (TPSA) is 49.3 Å². The van der Waals surface area contributed by atoms with Crippen LogP contribution < -0.4 is 5.32 Å². The highest BCUT2D eigenvalue weighted by Gasteiger charge is 2.27. The maximum atomic E-state index is 10.9. The third-order valence-corrected chi connectivity index (χ3v) is 4.45. The molecule has 2 rings (SSSR count). The summed E-state index contributed by atoms with van der Waals surface area (Å²) in [6.07, 6.45) is 0.682. The van der Waals surface area contributed by atoms with Gasteiger partial charge in [0.15, 0.2) is 0 Å². The molecule has 0 amide bonds. The van der Waals surface area contributed by atoms with Gasteiger partial charge in [0, 0.05) is 4.47 Å². The van der Waals surface area contributed by atoms with Gasteiger partial charge < -0.3 is 5.11 Å². The molecule has 1 aromatic rings. The quantitative estimate of drug-likeness (QED) is 0.882. The van der Waals surface area contributed by atoms with Gasteiger partial charge in [0.1, 0.15) is 6.04 Å². The minimum atomic E-state index is -0.766. The Bertz CT molecular complexity index is 399. The molecule has 0 aliphatic carbocycles. The Morgan fingerprint density at radius 3 is 2.94 bits per heavy atom. The molecule has 0 spiro atoms. The summed E-state index contributed by atoms with van der Waals surface area (Å²) < 4.78 is 1.02. The van der Waals surface area contributed by atoms with Crippen molar-refractivity contribution in [2.75, 3.05) is 5.75 Å². The minimum Gasteiger partial charge on any atom is -0.480 e. The van der Waals surface area contributed by atoms with E-state index in [2.05, 4.69) is 21.2 Å². The number of carboxylic acids is 1. The first-order valence-electron chi connectivity index (χ1n) is 5.03. The van der Waals surface area contributed by atoms with Crippen LogP contribution in [-0.2, 0) is 4.79 Å². The van der Waals surface area contributed by atoms with Crippen molar-refractivity contribution in [3.63, 3.8) is 0 Å². The summed E-state index contributed by atoms with van der Waals surface area (Å²) in [6.45, 7) is 0. The molecule has 1 saturated heterocycles. The van der Waals surface area contributed by atoms with Crippen molar-refractivity contribution in [3.05, 3.63) is 34.3 Å². The average molecular weight is 302 g/mol. The van der Waals surface area contributed by atoms with E-state index in [1.165, 1.54) is 0 Å². The number of thioether (sulfide) groups is 1. The molecule has 2 atom stereocenters. The number of aliphatic carboxylic acids is 1. The van der Waals surface area contributed by atoms with E-state index in [1.807, 2.05) is 24.3 Å². The summed E-state index contributed by atoms with van der Waals surface area (Å²) in [7, 11) is 0. The summed E-state index contributed by atoms with van der Waals surface area (Å²) in [5.41, 5.74) is 1.11. The van der Waals surface area contributed by atoms with Crippen LogP contribution in [0.5, 0.6) is 0 Å². The molecule has 0 aromatic heterocycles. The highest BCUT2D eigenvalue weighted by atomic mass is 79.9. The third-order valence-electron chi connectivity index (χ3n) is 2.53. The molecule has 86 valence electrons. The fourth-order valence-corrected chi connectivity index (χ4v) is 3.60. The molecule has 0 radical (unpaired) electrons. The van der Waals surface area contributed by atoms with Gasteiger partial charge in [-0.3, -0.25) is 10.1 Å². The molecule has 1 aromatic carbocycles. The lowest BCUT2D eigenvalue weighted by molar-refractivity contribution is -0.139. The second-order valence-corrected chi connectivity index (χ2v) is 5.69. The van der Waals surface area contributed by atoms with Crippen LogP contribution in [-0.4, -0.2) is 22.9 Å². The molecule has 3 nitrogen and oxygen atoms in total. The number of carboxylic acid groups (broad SMARTS) is 1. The van der Waals surface area contributed by atoms with E-state index in [0.29, 0.717) is 6.42 Å². The van der Waals surface area contributed by atoms with Crippen LogP contribution in [0.25, 0.3) is 0 Å². The first-order valence-corrected chi connectivity index (χ1v) is 6.87. The lowest BCUT2D eigenvalue weighted by atomic mass is 10.1. The molecule has 5 heteroatoms. The minimum absolute atomic E-state index is 0.0606. The number of carbonyl (C=O) groups is 1. The Labute approximate surface area is 107 Å². The zero-order valence-corrected chi connectivity index (χ0v) is 10.9. The fraction of sp³-hybridized carbons (Fsp3) is 0.364. The molecule has 1 aliphatic rings. The van der Waals surface area contributed by atoms with Crippen molar-refractivity contribution in [2.45, 2.75) is 17.8 Å². The van der Waals surface area contributed by atoms with Gasteiger partial charge in [-0.25, -0.2) is 0 Å². The highest BCUT2D eigenvalue weighted by Crippen LogP contribution is 2.35. The largest absolute Gasteiger partial charge is 0.480 e. The van der Waals surface area contributed by atoms with Crippen LogP contribution in [0, 0.1) is 0 Å². The highest BCUT2D eigenvalue weighted by molar-refractivity contribution is 9.10. The van der Waals surface area contributed by atoms with E-state index in [9.17, 15) is 4.79 Å². The predicted molar refractivity (Wildman–Crippen MR) is 68.5 cm³/mol. The summed E-state index contributed by atoms with van der Waals surface area (Å²) in [5.74, 6) is 0.105. The smallest absolute Gasteiger partial charge is 0.320 e. The summed E-state index contributed by atoms with van der Waals surface area (Å²) in [4.78, 5) is 10.9. The summed E-state index contributed by atoms with van der Waals surface area (Å²) >= 11 is 5.24. The van der Waals surface area contributed by atoms with Crippen LogP contribution in [0.4, 0.5) is 0 Å². The Kier molecular flexibility index (Phi) is 3.89. The lowest BCUT2D eigenvalue weighted by Crippen LogP contribution is -2.41. The van der Waals surface area contributed by atoms with Crippen molar-refractivity contribution in [1.82, 2.24) is 5.32 Å². The summed E-state index contributed by atoms with van der Waals surface area (Å²) in [5, 5.41) is 12.2. The Hall–Kier alpha value is -0.520. The molecule has 2 unspecified atom stereocenters. The molecule has 0 bridgehead atoms. The monoisotopic (exact) mass is 301 g/mol. The van der Waals surface area contributed by atoms with Crippen LogP contribution in [0.3, 0.4) is 0 Å². The van der Waals surface area contributed by atoms with Gasteiger partial charge in [0.25, 0.3) is 0 Å². The van der Waals surface area contributed by atoms with E-state index in [-0.39, 0.29) is 5.37 Å². The van der Waals surface area contributed by atoms with E-state index < -0.39 is 12.0 Å². The van der Waals surface area contributed by atoms with Gasteiger partial charge in [-0.2, -0.15) is 0 Å². The molecule has 1 fully saturated rings. The van der Waals surface area contributed by atoms with Gasteiger partial charge in [0.05, 0.1) is 5.37 Å². The second kappa shape index (κ2) is 5.21. The SMILES string of the molecule is O=C(O)C1CCSC(c2ccccc2Br)N1. The van der Waals surface area contributed by atoms with E-state index in [4.69, 9.17) is 5.11 Å². The zero-order valence-electron chi connectivity index (χ0n) is 8.52. The van der Waals surface area contributed by atoms with Crippen LogP contribution >= 0.6 is 27.7 Å². The molecular formula is C11H12BrNO2S. The van der Waals surface area contributed by atoms with Crippen LogP contribution in [0.1, 0.15) is 17.4 Å². The van der Waals surface area contributed by atoms with Gasteiger partial charge in [0.2, 0.25) is 0 Å². The third kappa shape index (κ3) is 2.59. The molecule has 1 heterocycles. The first-order chi connectivity index (χ1) is 7.68. The average Bonchev–Trinajstić information content (AvgIpc) is 2.30. The number of hydrogen-bond acceptors (Lipinski definition) is 3. The molecular weight excluding hydrogens is 290 g/mol. The van der Waals surface area contributed by atoms with Gasteiger partial charge in [-0.15, -0.1) is 11.8 Å². The number of hydrogen-bond donors (Lipinski definition) is 2. The lowest BCUT2D eigenvalue weighted by Gasteiger charge is -2.28. The number of nitrogens with one attached hydrogen (secondary N) is 1. The maximum absolute atomic E-state index is 10.9. The number of halogens is 1. The van der Waals surface area contributed by atoms with Gasteiger partial charge >= 0.3 is 5.97 Å². The zero-order chi connectivity index (χ0) is 11.5. The second-order valence-electron chi connectivity index (χ2n) is 3.62. The Morgan fingerprint density at radius 2 is 2.25 bits per heavy atom.